The van der Waals surface area contributed by atoms with Crippen molar-refractivity contribution >= 4 is 34.5 Å². The number of aromatic amines is 1. The molecule has 1 aromatic heterocycles. The molecule has 10 atom stereocenters. The van der Waals surface area contributed by atoms with E-state index in [1.165, 1.54) is 34.3 Å². The molecular formula is C47H55F5N4O8. The summed E-state index contributed by atoms with van der Waals surface area (Å²) in [5, 5.41) is 13.6. The number of hydrogen-bond donors (Lipinski definition) is 2. The van der Waals surface area contributed by atoms with E-state index >= 15 is 13.6 Å². The molecule has 64 heavy (non-hydrogen) atoms. The van der Waals surface area contributed by atoms with Crippen LogP contribution in [0.25, 0.3) is 10.9 Å². The van der Waals surface area contributed by atoms with Crippen LogP contribution in [0.1, 0.15) is 74.4 Å². The van der Waals surface area contributed by atoms with Crippen molar-refractivity contribution in [3.8, 4) is 5.75 Å². The Morgan fingerprint density at radius 2 is 1.70 bits per heavy atom. The normalized spacial score (nSPS) is 34.4. The topological polar surface area (TPSA) is 134 Å². The van der Waals surface area contributed by atoms with Gasteiger partial charge in [0, 0.05) is 96.9 Å². The van der Waals surface area contributed by atoms with E-state index in [2.05, 4.69) is 9.88 Å². The summed E-state index contributed by atoms with van der Waals surface area (Å²) in [7, 11) is 5.56. The molecule has 0 amide bonds. The zero-order valence-electron chi connectivity index (χ0n) is 37.0. The second-order valence-electron chi connectivity index (χ2n) is 19.0. The van der Waals surface area contributed by atoms with Crippen LogP contribution in [-0.4, -0.2) is 129 Å². The molecule has 1 spiro atoms. The Kier molecular flexibility index (Phi) is 10.3. The van der Waals surface area contributed by atoms with E-state index in [9.17, 15) is 27.9 Å². The van der Waals surface area contributed by atoms with Crippen molar-refractivity contribution in [2.45, 2.75) is 99.6 Å². The third-order valence-corrected chi connectivity index (χ3v) is 16.0. The number of H-pyrrole nitrogens is 1. The number of carbonyl (C=O) groups is 3. The predicted molar refractivity (Wildman–Crippen MR) is 224 cm³/mol. The van der Waals surface area contributed by atoms with Crippen molar-refractivity contribution in [2.75, 3.05) is 66.0 Å². The SMILES string of the molecule is CC[C@]12C=CCN3CC[C@@]4(c5cc([C@@]6(C(=O)OC)C[C@H]7CC(C(C)(F)F)CN(CCc8c6[nH]c6ccc(C(F)(F)F)cc86)C7)c(OC)cc5N(C)[C@H]4[C@@](O)(C(=O)OC)[C@@H]1OC(C)=O)[C@@H]32. The highest BCUT2D eigenvalue weighted by atomic mass is 19.4. The number of nitrogens with zero attached hydrogens (tertiary/aromatic N) is 3. The first-order valence-corrected chi connectivity index (χ1v) is 21.9. The number of halogens is 5. The zero-order chi connectivity index (χ0) is 46.1. The molecule has 3 aromatic rings. The number of piperidine rings is 1. The molecule has 2 saturated heterocycles. The molecule has 1 aliphatic carbocycles. The van der Waals surface area contributed by atoms with Gasteiger partial charge in [-0.25, -0.2) is 13.6 Å². The fraction of sp³-hybridized carbons (Fsp3) is 0.596. The molecule has 17 heteroatoms. The van der Waals surface area contributed by atoms with Gasteiger partial charge < -0.3 is 38.8 Å². The first-order chi connectivity index (χ1) is 30.2. The highest BCUT2D eigenvalue weighted by molar-refractivity contribution is 5.95. The number of aliphatic hydroxyl groups is 1. The van der Waals surface area contributed by atoms with Gasteiger partial charge in [0.2, 0.25) is 11.5 Å². The summed E-state index contributed by atoms with van der Waals surface area (Å²) in [4.78, 5) is 52.1. The Hall–Kier alpha value is -4.74. The molecule has 2 N–H and O–H groups in total. The van der Waals surface area contributed by atoms with Gasteiger partial charge in [0.1, 0.15) is 11.2 Å². The molecule has 346 valence electrons. The monoisotopic (exact) mass is 898 g/mol. The average Bonchev–Trinajstić information content (AvgIpc) is 3.91. The van der Waals surface area contributed by atoms with E-state index < -0.39 is 87.4 Å². The van der Waals surface area contributed by atoms with Gasteiger partial charge in [-0.15, -0.1) is 0 Å². The van der Waals surface area contributed by atoms with Crippen LogP contribution in [0.3, 0.4) is 0 Å². The maximum Gasteiger partial charge on any atom is 0.416 e. The van der Waals surface area contributed by atoms with Gasteiger partial charge in [-0.05, 0) is 86.9 Å². The molecule has 3 fully saturated rings. The fourth-order valence-electron chi connectivity index (χ4n) is 13.7. The number of anilines is 1. The highest BCUT2D eigenvalue weighted by Gasteiger charge is 2.80. The number of nitrogens with one attached hydrogen (secondary N) is 1. The van der Waals surface area contributed by atoms with E-state index in [1.54, 1.807) is 18.0 Å². The summed E-state index contributed by atoms with van der Waals surface area (Å²) < 4.78 is 97.4. The number of hydrogen-bond acceptors (Lipinski definition) is 11. The summed E-state index contributed by atoms with van der Waals surface area (Å²) in [6, 6.07) is 5.42. The van der Waals surface area contributed by atoms with Crippen LogP contribution in [0, 0.1) is 17.3 Å². The molecule has 2 bridgehead atoms. The Bertz CT molecular complexity index is 2450. The number of benzene rings is 2. The van der Waals surface area contributed by atoms with Crippen molar-refractivity contribution in [1.82, 2.24) is 14.8 Å². The summed E-state index contributed by atoms with van der Waals surface area (Å²) in [6.07, 6.45) is -1.32. The van der Waals surface area contributed by atoms with Crippen molar-refractivity contribution in [3.05, 3.63) is 70.4 Å². The molecule has 5 aliphatic heterocycles. The summed E-state index contributed by atoms with van der Waals surface area (Å²) in [5.74, 6) is -6.94. The minimum Gasteiger partial charge on any atom is -0.496 e. The average molecular weight is 899 g/mol. The first kappa shape index (κ1) is 44.5. The van der Waals surface area contributed by atoms with Gasteiger partial charge >= 0.3 is 24.1 Å². The number of aromatic nitrogens is 1. The summed E-state index contributed by atoms with van der Waals surface area (Å²) in [6.45, 7) is 5.74. The maximum atomic E-state index is 15.4. The molecule has 2 aromatic carbocycles. The Labute approximate surface area is 368 Å². The largest absolute Gasteiger partial charge is 0.496 e. The van der Waals surface area contributed by atoms with Gasteiger partial charge in [0.25, 0.3) is 0 Å². The van der Waals surface area contributed by atoms with Gasteiger partial charge in [-0.1, -0.05) is 19.1 Å². The minimum absolute atomic E-state index is 0.0562. The molecule has 12 nitrogen and oxygen atoms in total. The number of fused-ring (bicyclic) bond motifs is 6. The van der Waals surface area contributed by atoms with E-state index in [-0.39, 0.29) is 49.2 Å². The molecule has 6 heterocycles. The van der Waals surface area contributed by atoms with Crippen LogP contribution >= 0.6 is 0 Å². The van der Waals surface area contributed by atoms with Crippen LogP contribution in [0.15, 0.2) is 42.5 Å². The van der Waals surface area contributed by atoms with E-state index in [0.29, 0.717) is 60.4 Å². The summed E-state index contributed by atoms with van der Waals surface area (Å²) in [5.41, 5.74) is -4.88. The third kappa shape index (κ3) is 5.97. The van der Waals surface area contributed by atoms with Crippen molar-refractivity contribution < 1.29 is 60.4 Å². The lowest BCUT2D eigenvalue weighted by molar-refractivity contribution is -0.228. The molecule has 0 radical (unpaired) electrons. The van der Waals surface area contributed by atoms with Crippen LogP contribution in [0.5, 0.6) is 5.75 Å². The first-order valence-electron chi connectivity index (χ1n) is 21.9. The van der Waals surface area contributed by atoms with Crippen molar-refractivity contribution in [2.24, 2.45) is 17.3 Å². The molecule has 9 rings (SSSR count). The van der Waals surface area contributed by atoms with Crippen LogP contribution in [0.4, 0.5) is 27.6 Å². The number of methoxy groups -OCH3 is 3. The van der Waals surface area contributed by atoms with Crippen LogP contribution in [-0.2, 0) is 52.0 Å². The van der Waals surface area contributed by atoms with Crippen LogP contribution in [0.2, 0.25) is 0 Å². The molecule has 6 aliphatic rings. The van der Waals surface area contributed by atoms with Crippen molar-refractivity contribution in [1.29, 1.82) is 0 Å². The van der Waals surface area contributed by atoms with Gasteiger partial charge in [-0.2, -0.15) is 13.2 Å². The smallest absolute Gasteiger partial charge is 0.416 e. The number of esters is 3. The predicted octanol–water partition coefficient (Wildman–Crippen LogP) is 6.14. The second-order valence-corrected chi connectivity index (χ2v) is 19.0. The molecular weight excluding hydrogens is 844 g/mol. The number of likely N-dealkylation sites (N-methyl/N-ethyl adjacent to an activating group) is 1. The lowest BCUT2D eigenvalue weighted by Gasteiger charge is -2.63. The zero-order valence-corrected chi connectivity index (χ0v) is 37.0. The molecule has 2 unspecified atom stereocenters. The van der Waals surface area contributed by atoms with Crippen LogP contribution < -0.4 is 9.64 Å². The standard InChI is InChI=1S/C47H55F5N4O8/c1-8-43-13-9-15-56-17-14-44(37(43)56)31-20-32(35(61-5)21-34(31)54(4)38(44)46(60,41(59)63-7)39(43)64-25(2)57)45(40(58)62-6)22-26-18-28(42(3,48)49)24-55(23-26)16-12-29-30-19-27(47(50,51)52)10-11-33(30)53-36(29)45/h9-11,13,19-21,26,28,37-39,53,60H,8,12,14-18,22-24H2,1-7H3/t26-,28?,37+,38-,39-,43-,44-,45+,46+/m1/s1. The fourth-order valence-corrected chi connectivity index (χ4v) is 13.7. The second kappa shape index (κ2) is 14.9. The number of carbonyl (C=O) groups excluding carboxylic acids is 3. The Morgan fingerprint density at radius 1 is 0.969 bits per heavy atom. The van der Waals surface area contributed by atoms with Gasteiger partial charge in [0.05, 0.1) is 32.9 Å². The third-order valence-electron chi connectivity index (χ3n) is 16.0. The maximum absolute atomic E-state index is 15.4. The minimum atomic E-state index is -4.68. The van der Waals surface area contributed by atoms with E-state index in [4.69, 9.17) is 18.9 Å². The Balaban J connectivity index is 1.37. The number of rotatable bonds is 7. The van der Waals surface area contributed by atoms with E-state index in [1.807, 2.05) is 30.0 Å². The molecule has 1 saturated carbocycles. The van der Waals surface area contributed by atoms with Gasteiger partial charge in [-0.3, -0.25) is 14.5 Å². The quantitative estimate of drug-likeness (QED) is 0.123. The lowest BCUT2D eigenvalue weighted by atomic mass is 9.47. The van der Waals surface area contributed by atoms with Crippen molar-refractivity contribution in [3.63, 3.8) is 0 Å². The highest BCUT2D eigenvalue weighted by Crippen LogP contribution is 2.68. The lowest BCUT2D eigenvalue weighted by Crippen LogP contribution is -2.81. The summed E-state index contributed by atoms with van der Waals surface area (Å²) >= 11 is 0. The van der Waals surface area contributed by atoms with Gasteiger partial charge in [0.15, 0.2) is 6.10 Å². The number of ether oxygens (including phenoxy) is 4. The Morgan fingerprint density at radius 3 is 2.34 bits per heavy atom. The number of alkyl halides is 5. The van der Waals surface area contributed by atoms with E-state index in [0.717, 1.165) is 19.1 Å².